The highest BCUT2D eigenvalue weighted by atomic mass is 35.5. The zero-order valence-corrected chi connectivity index (χ0v) is 16.3. The lowest BCUT2D eigenvalue weighted by Gasteiger charge is -2.10. The zero-order chi connectivity index (χ0) is 20.7. The van der Waals surface area contributed by atoms with E-state index in [4.69, 9.17) is 35.4 Å². The number of hydrazine groups is 1. The van der Waals surface area contributed by atoms with Gasteiger partial charge in [0.1, 0.15) is 5.02 Å². The lowest BCUT2D eigenvalue weighted by atomic mass is 10.2. The van der Waals surface area contributed by atoms with Gasteiger partial charge in [0, 0.05) is 22.7 Å². The molecule has 3 N–H and O–H groups in total. The molecule has 0 aliphatic carbocycles. The quantitative estimate of drug-likeness (QED) is 0.292. The van der Waals surface area contributed by atoms with Gasteiger partial charge >= 0.3 is 0 Å². The maximum Gasteiger partial charge on any atom is 0.288 e. The number of hydrogen-bond acceptors (Lipinski definition) is 5. The van der Waals surface area contributed by atoms with Gasteiger partial charge in [-0.2, -0.15) is 0 Å². The van der Waals surface area contributed by atoms with Crippen LogP contribution in [0.4, 0.5) is 5.69 Å². The fourth-order valence-corrected chi connectivity index (χ4v) is 2.48. The molecule has 2 amide bonds. The van der Waals surface area contributed by atoms with Crippen LogP contribution in [0.5, 0.6) is 0 Å². The molecule has 2 rings (SSSR count). The van der Waals surface area contributed by atoms with Crippen molar-refractivity contribution in [2.75, 3.05) is 0 Å². The Hall–Kier alpha value is -3.01. The summed E-state index contributed by atoms with van der Waals surface area (Å²) in [5, 5.41) is 13.4. The molecule has 144 valence electrons. The first-order chi connectivity index (χ1) is 13.3. The number of nitro groups is 1. The van der Waals surface area contributed by atoms with Crippen LogP contribution in [0.1, 0.15) is 15.9 Å². The number of carbonyl (C=O) groups excluding carboxylic acids is 2. The molecule has 2 aromatic carbocycles. The van der Waals surface area contributed by atoms with Gasteiger partial charge in [-0.05, 0) is 42.1 Å². The summed E-state index contributed by atoms with van der Waals surface area (Å²) < 4.78 is 0. The lowest BCUT2D eigenvalue weighted by Crippen LogP contribution is -2.48. The Morgan fingerprint density at radius 2 is 1.79 bits per heavy atom. The van der Waals surface area contributed by atoms with E-state index >= 15 is 0 Å². The Kier molecular flexibility index (Phi) is 7.44. The minimum absolute atomic E-state index is 0.0173. The van der Waals surface area contributed by atoms with Crippen LogP contribution in [0, 0.1) is 10.1 Å². The summed E-state index contributed by atoms with van der Waals surface area (Å²) in [6.45, 7) is 0. The molecule has 0 aliphatic heterocycles. The molecular weight excluding hydrogens is 427 g/mol. The number of amides is 2. The van der Waals surface area contributed by atoms with Crippen LogP contribution in [0.2, 0.25) is 10.0 Å². The first-order valence-corrected chi connectivity index (χ1v) is 8.72. The number of halogens is 2. The highest BCUT2D eigenvalue weighted by Crippen LogP contribution is 2.24. The number of carbonyl (C=O) groups is 2. The summed E-state index contributed by atoms with van der Waals surface area (Å²) in [6, 6.07) is 10.5. The van der Waals surface area contributed by atoms with Crippen LogP contribution in [0.15, 0.2) is 48.5 Å². The van der Waals surface area contributed by atoms with E-state index in [1.54, 1.807) is 24.3 Å². The third-order valence-corrected chi connectivity index (χ3v) is 4.12. The van der Waals surface area contributed by atoms with Gasteiger partial charge in [0.2, 0.25) is 5.91 Å². The molecule has 0 aromatic heterocycles. The van der Waals surface area contributed by atoms with Crippen molar-refractivity contribution in [1.82, 2.24) is 16.2 Å². The van der Waals surface area contributed by atoms with Crippen LogP contribution >= 0.6 is 35.4 Å². The Morgan fingerprint density at radius 3 is 2.46 bits per heavy atom. The Morgan fingerprint density at radius 1 is 1.07 bits per heavy atom. The van der Waals surface area contributed by atoms with Gasteiger partial charge in [0.15, 0.2) is 5.11 Å². The highest BCUT2D eigenvalue weighted by molar-refractivity contribution is 7.80. The van der Waals surface area contributed by atoms with E-state index < -0.39 is 22.4 Å². The number of nitro benzene ring substituents is 1. The van der Waals surface area contributed by atoms with Gasteiger partial charge < -0.3 is 0 Å². The molecule has 0 heterocycles. The molecule has 0 bridgehead atoms. The summed E-state index contributed by atoms with van der Waals surface area (Å²) in [7, 11) is 0. The number of nitrogens with one attached hydrogen (secondary N) is 3. The van der Waals surface area contributed by atoms with Gasteiger partial charge in [-0.15, -0.1) is 0 Å². The second-order valence-electron chi connectivity index (χ2n) is 5.18. The van der Waals surface area contributed by atoms with Crippen LogP contribution in [0.3, 0.4) is 0 Å². The molecule has 0 saturated carbocycles. The SMILES string of the molecule is O=C(/C=C/c1ccccc1Cl)NC(=S)NNC(=O)c1ccc(Cl)c([N+](=O)[O-])c1. The minimum Gasteiger partial charge on any atom is -0.298 e. The number of hydrogen-bond donors (Lipinski definition) is 3. The molecule has 28 heavy (non-hydrogen) atoms. The smallest absolute Gasteiger partial charge is 0.288 e. The van der Waals surface area contributed by atoms with Crippen molar-refractivity contribution in [2.45, 2.75) is 0 Å². The summed E-state index contributed by atoms with van der Waals surface area (Å²) in [5.41, 5.74) is 4.76. The Balaban J connectivity index is 1.89. The predicted molar refractivity (Wildman–Crippen MR) is 110 cm³/mol. The van der Waals surface area contributed by atoms with Crippen molar-refractivity contribution >= 4 is 64.1 Å². The van der Waals surface area contributed by atoms with E-state index in [0.29, 0.717) is 10.6 Å². The van der Waals surface area contributed by atoms with E-state index in [2.05, 4.69) is 16.2 Å². The summed E-state index contributed by atoms with van der Waals surface area (Å²) in [6.07, 6.45) is 2.73. The van der Waals surface area contributed by atoms with Gasteiger partial charge in [0.05, 0.1) is 4.92 Å². The van der Waals surface area contributed by atoms with Crippen molar-refractivity contribution in [3.05, 3.63) is 79.8 Å². The fourth-order valence-electron chi connectivity index (χ4n) is 1.94. The van der Waals surface area contributed by atoms with E-state index in [0.717, 1.165) is 6.07 Å². The molecule has 8 nitrogen and oxygen atoms in total. The van der Waals surface area contributed by atoms with Crippen molar-refractivity contribution in [2.24, 2.45) is 0 Å². The van der Waals surface area contributed by atoms with Crippen molar-refractivity contribution in [1.29, 1.82) is 0 Å². The average molecular weight is 439 g/mol. The van der Waals surface area contributed by atoms with Crippen molar-refractivity contribution in [3.63, 3.8) is 0 Å². The van der Waals surface area contributed by atoms with Crippen molar-refractivity contribution in [3.8, 4) is 0 Å². The Bertz CT molecular complexity index is 981. The van der Waals surface area contributed by atoms with Gasteiger partial charge in [0.25, 0.3) is 11.6 Å². The van der Waals surface area contributed by atoms with Gasteiger partial charge in [-0.25, -0.2) is 0 Å². The van der Waals surface area contributed by atoms with E-state index in [1.165, 1.54) is 24.3 Å². The zero-order valence-electron chi connectivity index (χ0n) is 13.9. The van der Waals surface area contributed by atoms with Crippen LogP contribution < -0.4 is 16.2 Å². The number of benzene rings is 2. The third-order valence-electron chi connectivity index (χ3n) is 3.25. The first-order valence-electron chi connectivity index (χ1n) is 7.56. The molecule has 0 saturated heterocycles. The van der Waals surface area contributed by atoms with Crippen LogP contribution in [-0.4, -0.2) is 21.9 Å². The molecule has 0 unspecified atom stereocenters. The molecule has 0 spiro atoms. The standard InChI is InChI=1S/C17H12Cl2N4O4S/c18-12-4-2-1-3-10(12)6-8-15(24)20-17(28)22-21-16(25)11-5-7-13(19)14(9-11)23(26)27/h1-9H,(H,21,25)(H2,20,22,24,28)/b8-6+. The van der Waals surface area contributed by atoms with Crippen LogP contribution in [-0.2, 0) is 4.79 Å². The third kappa shape index (κ3) is 6.02. The summed E-state index contributed by atoms with van der Waals surface area (Å²) in [5.74, 6) is -1.25. The topological polar surface area (TPSA) is 113 Å². The molecule has 0 atom stereocenters. The second-order valence-corrected chi connectivity index (χ2v) is 6.40. The van der Waals surface area contributed by atoms with E-state index in [9.17, 15) is 19.7 Å². The number of thiocarbonyl (C=S) groups is 1. The maximum absolute atomic E-state index is 12.0. The van der Waals surface area contributed by atoms with Crippen molar-refractivity contribution < 1.29 is 14.5 Å². The second kappa shape index (κ2) is 9.79. The van der Waals surface area contributed by atoms with E-state index in [1.807, 2.05) is 0 Å². The van der Waals surface area contributed by atoms with Gasteiger partial charge in [-0.1, -0.05) is 41.4 Å². The fraction of sp³-hybridized carbons (Fsp3) is 0. The lowest BCUT2D eigenvalue weighted by molar-refractivity contribution is -0.384. The summed E-state index contributed by atoms with van der Waals surface area (Å²) in [4.78, 5) is 34.0. The monoisotopic (exact) mass is 438 g/mol. The highest BCUT2D eigenvalue weighted by Gasteiger charge is 2.16. The minimum atomic E-state index is -0.706. The molecule has 0 aliphatic rings. The predicted octanol–water partition coefficient (Wildman–Crippen LogP) is 3.25. The first kappa shape index (κ1) is 21.3. The van der Waals surface area contributed by atoms with E-state index in [-0.39, 0.29) is 15.7 Å². The molecular formula is C17H12Cl2N4O4S. The maximum atomic E-state index is 12.0. The Labute approximate surface area is 174 Å². The largest absolute Gasteiger partial charge is 0.298 e. The number of rotatable bonds is 4. The average Bonchev–Trinajstić information content (AvgIpc) is 2.65. The summed E-state index contributed by atoms with van der Waals surface area (Å²) >= 11 is 16.6. The molecule has 0 radical (unpaired) electrons. The number of nitrogens with zero attached hydrogens (tertiary/aromatic N) is 1. The molecule has 11 heteroatoms. The molecule has 2 aromatic rings. The molecule has 0 fully saturated rings. The normalized spacial score (nSPS) is 10.4. The van der Waals surface area contributed by atoms with Crippen LogP contribution in [0.25, 0.3) is 6.08 Å². The van der Waals surface area contributed by atoms with Gasteiger partial charge in [-0.3, -0.25) is 35.9 Å².